The molecule has 0 saturated carbocycles. The Morgan fingerprint density at radius 1 is 0.317 bits per heavy atom. The number of furan rings is 1. The quantitative estimate of drug-likeness (QED) is 0.153. The van der Waals surface area contributed by atoms with E-state index in [1.165, 1.54) is 38.5 Å². The Morgan fingerprint density at radius 3 is 1.60 bits per heavy atom. The molecular formula is C60H40N2O. The second-order valence-electron chi connectivity index (χ2n) is 16.1. The number of para-hydroxylation sites is 4. The van der Waals surface area contributed by atoms with Gasteiger partial charge in [0, 0.05) is 44.2 Å². The van der Waals surface area contributed by atoms with Crippen molar-refractivity contribution in [1.82, 2.24) is 4.57 Å². The van der Waals surface area contributed by atoms with E-state index < -0.39 is 0 Å². The van der Waals surface area contributed by atoms with Crippen LogP contribution in [0.25, 0.3) is 93.9 Å². The molecule has 0 aliphatic heterocycles. The zero-order valence-electron chi connectivity index (χ0n) is 34.4. The molecule has 2 heterocycles. The zero-order chi connectivity index (χ0) is 41.7. The molecule has 12 aromatic rings. The van der Waals surface area contributed by atoms with Crippen molar-refractivity contribution in [2.24, 2.45) is 0 Å². The maximum Gasteiger partial charge on any atom is 0.136 e. The van der Waals surface area contributed by atoms with Gasteiger partial charge in [-0.1, -0.05) is 176 Å². The summed E-state index contributed by atoms with van der Waals surface area (Å²) in [6.07, 6.45) is 0. The van der Waals surface area contributed by atoms with Crippen LogP contribution < -0.4 is 4.90 Å². The monoisotopic (exact) mass is 804 g/mol. The van der Waals surface area contributed by atoms with Crippen LogP contribution in [0.2, 0.25) is 0 Å². The van der Waals surface area contributed by atoms with E-state index in [4.69, 9.17) is 4.42 Å². The highest BCUT2D eigenvalue weighted by atomic mass is 16.3. The Hall–Kier alpha value is -8.40. The highest BCUT2D eigenvalue weighted by molar-refractivity contribution is 6.13. The summed E-state index contributed by atoms with van der Waals surface area (Å²) in [5.74, 6) is 0. The van der Waals surface area contributed by atoms with Crippen molar-refractivity contribution in [2.75, 3.05) is 4.90 Å². The van der Waals surface area contributed by atoms with Crippen LogP contribution in [0.5, 0.6) is 0 Å². The molecule has 296 valence electrons. The minimum atomic E-state index is 0.887. The van der Waals surface area contributed by atoms with E-state index in [1.54, 1.807) is 0 Å². The number of hydrogen-bond acceptors (Lipinski definition) is 2. The highest BCUT2D eigenvalue weighted by Gasteiger charge is 2.21. The van der Waals surface area contributed by atoms with Crippen molar-refractivity contribution in [3.8, 4) is 50.2 Å². The first-order valence-corrected chi connectivity index (χ1v) is 21.5. The number of aromatic nitrogens is 1. The number of fused-ring (bicyclic) bond motifs is 6. The number of anilines is 3. The van der Waals surface area contributed by atoms with Crippen molar-refractivity contribution < 1.29 is 4.42 Å². The van der Waals surface area contributed by atoms with E-state index >= 15 is 0 Å². The van der Waals surface area contributed by atoms with Gasteiger partial charge < -0.3 is 13.9 Å². The lowest BCUT2D eigenvalue weighted by molar-refractivity contribution is 0.669. The van der Waals surface area contributed by atoms with Crippen molar-refractivity contribution >= 4 is 60.8 Å². The SMILES string of the molecule is c1ccc(-c2ccccc2-c2ccccc2N(c2ccc(-c3ccc(-n4c5ccccc5c5ccccc54)cc3)cc2)c2cccc(-c3cccc4oc5ccccc5c34)c2)cc1. The fraction of sp³-hybridized carbons (Fsp3) is 0. The summed E-state index contributed by atoms with van der Waals surface area (Å²) in [7, 11) is 0. The topological polar surface area (TPSA) is 21.3 Å². The molecule has 3 nitrogen and oxygen atoms in total. The molecule has 0 radical (unpaired) electrons. The maximum atomic E-state index is 6.34. The number of hydrogen-bond donors (Lipinski definition) is 0. The minimum Gasteiger partial charge on any atom is -0.456 e. The summed E-state index contributed by atoms with van der Waals surface area (Å²) in [5, 5.41) is 4.77. The van der Waals surface area contributed by atoms with E-state index in [0.717, 1.165) is 72.5 Å². The Bertz CT molecular complexity index is 3560. The summed E-state index contributed by atoms with van der Waals surface area (Å²) >= 11 is 0. The molecule has 63 heavy (non-hydrogen) atoms. The van der Waals surface area contributed by atoms with Crippen LogP contribution >= 0.6 is 0 Å². The fourth-order valence-corrected chi connectivity index (χ4v) is 9.55. The Labute approximate surface area is 366 Å². The van der Waals surface area contributed by atoms with E-state index in [2.05, 4.69) is 240 Å². The number of benzene rings is 10. The standard InChI is InChI=1S/C60H40N2O/c1-2-16-43(17-3-1)48-20-4-5-21-50(48)51-22-6-10-27-55(51)61(47-19-14-18-44(40-47)49-26-15-31-59-60(49)54-25-9-13-30-58(54)63-59)45-36-32-41(33-37-45)42-34-38-46(39-35-42)62-56-28-11-7-23-52(56)53-24-8-12-29-57(53)62/h1-40H. The van der Waals surface area contributed by atoms with E-state index in [1.807, 2.05) is 12.1 Å². The van der Waals surface area contributed by atoms with Crippen molar-refractivity contribution in [1.29, 1.82) is 0 Å². The van der Waals surface area contributed by atoms with Gasteiger partial charge >= 0.3 is 0 Å². The van der Waals surface area contributed by atoms with Gasteiger partial charge in [0.25, 0.3) is 0 Å². The summed E-state index contributed by atoms with van der Waals surface area (Å²) in [6, 6.07) is 87.1. The molecule has 0 amide bonds. The molecule has 0 unspecified atom stereocenters. The third-order valence-corrected chi connectivity index (χ3v) is 12.4. The number of rotatable bonds is 8. The van der Waals surface area contributed by atoms with E-state index in [-0.39, 0.29) is 0 Å². The van der Waals surface area contributed by atoms with Gasteiger partial charge in [0.1, 0.15) is 11.2 Å². The highest BCUT2D eigenvalue weighted by Crippen LogP contribution is 2.46. The van der Waals surface area contributed by atoms with Crippen LogP contribution in [0.1, 0.15) is 0 Å². The lowest BCUT2D eigenvalue weighted by Crippen LogP contribution is -2.11. The molecule has 0 atom stereocenters. The predicted molar refractivity (Wildman–Crippen MR) is 264 cm³/mol. The normalized spacial score (nSPS) is 11.5. The molecule has 12 rings (SSSR count). The Balaban J connectivity index is 0.984. The third kappa shape index (κ3) is 6.29. The summed E-state index contributed by atoms with van der Waals surface area (Å²) in [5.41, 5.74) is 17.8. The first kappa shape index (κ1) is 36.5. The average molecular weight is 805 g/mol. The predicted octanol–water partition coefficient (Wildman–Crippen LogP) is 16.8. The maximum absolute atomic E-state index is 6.34. The Morgan fingerprint density at radius 2 is 0.857 bits per heavy atom. The van der Waals surface area contributed by atoms with Crippen LogP contribution in [0, 0.1) is 0 Å². The molecule has 0 aliphatic carbocycles. The van der Waals surface area contributed by atoms with Crippen molar-refractivity contribution in [3.05, 3.63) is 243 Å². The van der Waals surface area contributed by atoms with Gasteiger partial charge in [0.05, 0.1) is 16.7 Å². The molecule has 2 aromatic heterocycles. The first-order chi connectivity index (χ1) is 31.3. The molecule has 0 bridgehead atoms. The van der Waals surface area contributed by atoms with Crippen LogP contribution in [0.4, 0.5) is 17.1 Å². The number of nitrogens with zero attached hydrogens (tertiary/aromatic N) is 2. The van der Waals surface area contributed by atoms with Gasteiger partial charge in [-0.25, -0.2) is 0 Å². The van der Waals surface area contributed by atoms with Crippen LogP contribution in [-0.4, -0.2) is 4.57 Å². The molecule has 0 N–H and O–H groups in total. The lowest BCUT2D eigenvalue weighted by Gasteiger charge is -2.29. The van der Waals surface area contributed by atoms with Crippen molar-refractivity contribution in [2.45, 2.75) is 0 Å². The molecule has 0 fully saturated rings. The molecule has 10 aromatic carbocycles. The third-order valence-electron chi connectivity index (χ3n) is 12.4. The van der Waals surface area contributed by atoms with Crippen LogP contribution in [0.3, 0.4) is 0 Å². The van der Waals surface area contributed by atoms with Gasteiger partial charge in [-0.3, -0.25) is 0 Å². The van der Waals surface area contributed by atoms with Gasteiger partial charge in [-0.2, -0.15) is 0 Å². The molecule has 0 aliphatic rings. The molecule has 0 spiro atoms. The van der Waals surface area contributed by atoms with Gasteiger partial charge in [0.2, 0.25) is 0 Å². The lowest BCUT2D eigenvalue weighted by atomic mass is 9.93. The zero-order valence-corrected chi connectivity index (χ0v) is 34.4. The smallest absolute Gasteiger partial charge is 0.136 e. The molecular weight excluding hydrogens is 765 g/mol. The second-order valence-corrected chi connectivity index (χ2v) is 16.1. The fourth-order valence-electron chi connectivity index (χ4n) is 9.55. The summed E-state index contributed by atoms with van der Waals surface area (Å²) in [4.78, 5) is 2.41. The molecule has 0 saturated heterocycles. The van der Waals surface area contributed by atoms with Gasteiger partial charge in [-0.15, -0.1) is 0 Å². The first-order valence-electron chi connectivity index (χ1n) is 21.5. The average Bonchev–Trinajstić information content (AvgIpc) is 3.91. The van der Waals surface area contributed by atoms with Gasteiger partial charge in [-0.05, 0) is 106 Å². The van der Waals surface area contributed by atoms with Crippen LogP contribution in [0.15, 0.2) is 247 Å². The van der Waals surface area contributed by atoms with Crippen molar-refractivity contribution in [3.63, 3.8) is 0 Å². The largest absolute Gasteiger partial charge is 0.456 e. The van der Waals surface area contributed by atoms with Crippen LogP contribution in [-0.2, 0) is 0 Å². The summed E-state index contributed by atoms with van der Waals surface area (Å²) in [6.45, 7) is 0. The Kier molecular flexibility index (Phi) is 8.83. The summed E-state index contributed by atoms with van der Waals surface area (Å²) < 4.78 is 8.71. The van der Waals surface area contributed by atoms with E-state index in [9.17, 15) is 0 Å². The van der Waals surface area contributed by atoms with E-state index in [0.29, 0.717) is 0 Å². The van der Waals surface area contributed by atoms with Gasteiger partial charge in [0.15, 0.2) is 0 Å². The second kappa shape index (κ2) is 15.3. The minimum absolute atomic E-state index is 0.887. The molecule has 3 heteroatoms.